The Morgan fingerprint density at radius 1 is 1.28 bits per heavy atom. The molecule has 1 heterocycles. The van der Waals surface area contributed by atoms with Crippen molar-refractivity contribution in [3.05, 3.63) is 29.8 Å². The molecule has 2 amide bonds. The predicted octanol–water partition coefficient (Wildman–Crippen LogP) is 2.84. The predicted molar refractivity (Wildman–Crippen MR) is 56.5 cm³/mol. The molecule has 0 aliphatic carbocycles. The number of anilines is 1. The average molecular weight is 262 g/mol. The summed E-state index contributed by atoms with van der Waals surface area (Å²) in [5.74, 6) is -5.04. The fourth-order valence-electron chi connectivity index (χ4n) is 1.69. The summed E-state index contributed by atoms with van der Waals surface area (Å²) < 4.78 is 51.3. The van der Waals surface area contributed by atoms with Gasteiger partial charge in [-0.3, -0.25) is 0 Å². The summed E-state index contributed by atoms with van der Waals surface area (Å²) in [6, 6.07) is 2.05. The summed E-state index contributed by atoms with van der Waals surface area (Å²) in [7, 11) is 0. The van der Waals surface area contributed by atoms with E-state index in [4.69, 9.17) is 0 Å². The van der Waals surface area contributed by atoms with Crippen LogP contribution in [0.25, 0.3) is 0 Å². The minimum Gasteiger partial charge on any atom is -0.318 e. The van der Waals surface area contributed by atoms with Crippen molar-refractivity contribution >= 4 is 11.7 Å². The number of likely N-dealkylation sites (tertiary alicyclic amines) is 1. The molecular formula is C11H10F4N2O. The lowest BCUT2D eigenvalue weighted by Gasteiger charge is -2.16. The van der Waals surface area contributed by atoms with Gasteiger partial charge in [0, 0.05) is 24.7 Å². The van der Waals surface area contributed by atoms with Crippen LogP contribution in [0.15, 0.2) is 18.2 Å². The highest BCUT2D eigenvalue weighted by atomic mass is 19.3. The topological polar surface area (TPSA) is 32.3 Å². The number of carbonyl (C=O) groups is 1. The van der Waals surface area contributed by atoms with Crippen molar-refractivity contribution in [3.8, 4) is 0 Å². The van der Waals surface area contributed by atoms with Crippen LogP contribution in [-0.4, -0.2) is 29.9 Å². The van der Waals surface area contributed by atoms with E-state index in [9.17, 15) is 22.4 Å². The molecule has 1 aromatic rings. The van der Waals surface area contributed by atoms with E-state index in [1.807, 2.05) is 0 Å². The van der Waals surface area contributed by atoms with E-state index in [1.165, 1.54) is 0 Å². The SMILES string of the molecule is O=C(Nc1ccc(F)c(F)c1)N1CCC(F)(F)C1. The Morgan fingerprint density at radius 2 is 2.00 bits per heavy atom. The van der Waals surface area contributed by atoms with Gasteiger partial charge in [0.1, 0.15) is 0 Å². The van der Waals surface area contributed by atoms with Gasteiger partial charge in [0.2, 0.25) is 0 Å². The molecule has 2 rings (SSSR count). The maximum Gasteiger partial charge on any atom is 0.322 e. The van der Waals surface area contributed by atoms with E-state index < -0.39 is 36.6 Å². The first kappa shape index (κ1) is 12.7. The summed E-state index contributed by atoms with van der Waals surface area (Å²) in [6.07, 6.45) is -0.391. The van der Waals surface area contributed by atoms with Crippen molar-refractivity contribution < 1.29 is 22.4 Å². The fraction of sp³-hybridized carbons (Fsp3) is 0.364. The van der Waals surface area contributed by atoms with Crippen molar-refractivity contribution in [2.24, 2.45) is 0 Å². The second-order valence-corrected chi connectivity index (χ2v) is 4.09. The molecule has 0 spiro atoms. The van der Waals surface area contributed by atoms with Gasteiger partial charge in [-0.15, -0.1) is 0 Å². The first-order valence-electron chi connectivity index (χ1n) is 5.26. The summed E-state index contributed by atoms with van der Waals surface area (Å²) >= 11 is 0. The van der Waals surface area contributed by atoms with Gasteiger partial charge in [-0.25, -0.2) is 22.4 Å². The standard InChI is InChI=1S/C11H10F4N2O/c12-8-2-1-7(5-9(8)13)16-10(18)17-4-3-11(14,15)6-17/h1-2,5H,3-4,6H2,(H,16,18). The number of urea groups is 1. The number of hydrogen-bond donors (Lipinski definition) is 1. The van der Waals surface area contributed by atoms with E-state index in [0.717, 1.165) is 23.1 Å². The number of hydrogen-bond acceptors (Lipinski definition) is 1. The zero-order valence-electron chi connectivity index (χ0n) is 9.22. The van der Waals surface area contributed by atoms with Crippen LogP contribution in [0, 0.1) is 11.6 Å². The van der Waals surface area contributed by atoms with E-state index in [0.29, 0.717) is 0 Å². The summed E-state index contributed by atoms with van der Waals surface area (Å²) in [4.78, 5) is 12.5. The van der Waals surface area contributed by atoms with Crippen LogP contribution in [0.3, 0.4) is 0 Å². The quantitative estimate of drug-likeness (QED) is 0.775. The lowest BCUT2D eigenvalue weighted by atomic mass is 10.3. The molecule has 1 aliphatic rings. The maximum absolute atomic E-state index is 12.9. The molecule has 1 aromatic carbocycles. The molecule has 7 heteroatoms. The van der Waals surface area contributed by atoms with Crippen molar-refractivity contribution in [3.63, 3.8) is 0 Å². The van der Waals surface area contributed by atoms with Crippen molar-refractivity contribution in [1.82, 2.24) is 4.90 Å². The molecule has 0 atom stereocenters. The van der Waals surface area contributed by atoms with Gasteiger partial charge in [-0.05, 0) is 12.1 Å². The monoisotopic (exact) mass is 262 g/mol. The third-order valence-electron chi connectivity index (χ3n) is 2.63. The number of carbonyl (C=O) groups excluding carboxylic acids is 1. The van der Waals surface area contributed by atoms with Gasteiger partial charge in [-0.1, -0.05) is 0 Å². The van der Waals surface area contributed by atoms with Gasteiger partial charge < -0.3 is 10.2 Å². The van der Waals surface area contributed by atoms with E-state index >= 15 is 0 Å². The van der Waals surface area contributed by atoms with Gasteiger partial charge in [-0.2, -0.15) is 0 Å². The number of benzene rings is 1. The second kappa shape index (κ2) is 4.47. The first-order valence-corrected chi connectivity index (χ1v) is 5.26. The molecular weight excluding hydrogens is 252 g/mol. The number of amides is 2. The first-order chi connectivity index (χ1) is 8.37. The lowest BCUT2D eigenvalue weighted by Crippen LogP contribution is -2.34. The Labute approximate surface area is 100 Å². The number of alkyl halides is 2. The fourth-order valence-corrected chi connectivity index (χ4v) is 1.69. The molecule has 0 radical (unpaired) electrons. The van der Waals surface area contributed by atoms with Crippen LogP contribution in [0.1, 0.15) is 6.42 Å². The van der Waals surface area contributed by atoms with E-state index in [1.54, 1.807) is 0 Å². The molecule has 1 N–H and O–H groups in total. The maximum atomic E-state index is 12.9. The summed E-state index contributed by atoms with van der Waals surface area (Å²) in [5, 5.41) is 2.24. The average Bonchev–Trinajstić information content (AvgIpc) is 2.64. The Hall–Kier alpha value is -1.79. The van der Waals surface area contributed by atoms with Gasteiger partial charge in [0.05, 0.1) is 6.54 Å². The zero-order valence-corrected chi connectivity index (χ0v) is 9.22. The van der Waals surface area contributed by atoms with Gasteiger partial charge in [0.25, 0.3) is 5.92 Å². The van der Waals surface area contributed by atoms with E-state index in [-0.39, 0.29) is 12.2 Å². The van der Waals surface area contributed by atoms with Crippen LogP contribution in [0.5, 0.6) is 0 Å². The third kappa shape index (κ3) is 2.72. The molecule has 1 saturated heterocycles. The minimum atomic E-state index is -2.88. The smallest absolute Gasteiger partial charge is 0.318 e. The number of halogens is 4. The van der Waals surface area contributed by atoms with Crippen LogP contribution in [0.4, 0.5) is 28.0 Å². The zero-order chi connectivity index (χ0) is 13.3. The molecule has 18 heavy (non-hydrogen) atoms. The normalized spacial score (nSPS) is 17.9. The molecule has 0 bridgehead atoms. The summed E-state index contributed by atoms with van der Waals surface area (Å²) in [5.41, 5.74) is 0.0223. The Bertz CT molecular complexity index is 478. The number of rotatable bonds is 1. The van der Waals surface area contributed by atoms with Gasteiger partial charge >= 0.3 is 6.03 Å². The second-order valence-electron chi connectivity index (χ2n) is 4.09. The highest BCUT2D eigenvalue weighted by Crippen LogP contribution is 2.27. The van der Waals surface area contributed by atoms with Crippen molar-refractivity contribution in [1.29, 1.82) is 0 Å². The van der Waals surface area contributed by atoms with E-state index in [2.05, 4.69) is 5.32 Å². The third-order valence-corrected chi connectivity index (χ3v) is 2.63. The molecule has 1 aliphatic heterocycles. The van der Waals surface area contributed by atoms with Crippen molar-refractivity contribution in [2.45, 2.75) is 12.3 Å². The molecule has 3 nitrogen and oxygen atoms in total. The Balaban J connectivity index is 2.01. The number of nitrogens with zero attached hydrogens (tertiary/aromatic N) is 1. The van der Waals surface area contributed by atoms with Crippen molar-refractivity contribution in [2.75, 3.05) is 18.4 Å². The molecule has 98 valence electrons. The van der Waals surface area contributed by atoms with Gasteiger partial charge in [0.15, 0.2) is 11.6 Å². The van der Waals surface area contributed by atoms with Crippen LogP contribution >= 0.6 is 0 Å². The Morgan fingerprint density at radius 3 is 2.56 bits per heavy atom. The highest BCUT2D eigenvalue weighted by molar-refractivity contribution is 5.89. The van der Waals surface area contributed by atoms with Crippen LogP contribution in [-0.2, 0) is 0 Å². The number of nitrogens with one attached hydrogen (secondary N) is 1. The molecule has 0 saturated carbocycles. The largest absolute Gasteiger partial charge is 0.322 e. The summed E-state index contributed by atoms with van der Waals surface area (Å²) in [6.45, 7) is -0.731. The molecule has 0 aromatic heterocycles. The lowest BCUT2D eigenvalue weighted by molar-refractivity contribution is 0.0159. The van der Waals surface area contributed by atoms with Crippen LogP contribution in [0.2, 0.25) is 0 Å². The highest BCUT2D eigenvalue weighted by Gasteiger charge is 2.40. The Kier molecular flexibility index (Phi) is 3.14. The molecule has 1 fully saturated rings. The molecule has 0 unspecified atom stereocenters. The van der Waals surface area contributed by atoms with Crippen LogP contribution < -0.4 is 5.32 Å². The minimum absolute atomic E-state index is 0.0223.